The van der Waals surface area contributed by atoms with E-state index in [2.05, 4.69) is 16.8 Å². The van der Waals surface area contributed by atoms with E-state index in [1.807, 2.05) is 0 Å². The van der Waals surface area contributed by atoms with E-state index in [0.717, 1.165) is 6.07 Å². The van der Waals surface area contributed by atoms with Crippen LogP contribution in [0.4, 0.5) is 22.7 Å². The van der Waals surface area contributed by atoms with Crippen molar-refractivity contribution < 1.29 is 24.0 Å². The number of nitro benzene ring substituents is 1. The molecule has 0 radical (unpaired) electrons. The van der Waals surface area contributed by atoms with Crippen molar-refractivity contribution in [2.75, 3.05) is 18.9 Å². The molecule has 0 aromatic heterocycles. The molecule has 0 bridgehead atoms. The van der Waals surface area contributed by atoms with Crippen LogP contribution < -0.4 is 5.73 Å². The molecule has 0 atom stereocenters. The molecule has 2 rings (SSSR count). The summed E-state index contributed by atoms with van der Waals surface area (Å²) >= 11 is 0. The van der Waals surface area contributed by atoms with Gasteiger partial charge in [0.05, 0.1) is 29.4 Å². The second kappa shape index (κ2) is 10.5. The summed E-state index contributed by atoms with van der Waals surface area (Å²) < 4.78 is 9.92. The molecule has 0 unspecified atom stereocenters. The Morgan fingerprint density at radius 1 is 1.10 bits per heavy atom. The Kier molecular flexibility index (Phi) is 7.74. The van der Waals surface area contributed by atoms with Crippen LogP contribution in [0.25, 0.3) is 0 Å². The molecule has 0 fully saturated rings. The van der Waals surface area contributed by atoms with E-state index in [1.165, 1.54) is 19.1 Å². The van der Waals surface area contributed by atoms with Gasteiger partial charge in [-0.1, -0.05) is 6.58 Å². The molecule has 0 heterocycles. The fourth-order valence-electron chi connectivity index (χ4n) is 2.13. The Balaban J connectivity index is 2.00. The van der Waals surface area contributed by atoms with Gasteiger partial charge in [-0.05, 0) is 43.3 Å². The minimum atomic E-state index is -0.744. The second-order valence-corrected chi connectivity index (χ2v) is 6.16. The molecule has 0 saturated heterocycles. The summed E-state index contributed by atoms with van der Waals surface area (Å²) in [6, 6.07) is 10.2. The van der Waals surface area contributed by atoms with Crippen LogP contribution in [0.2, 0.25) is 0 Å². The predicted octanol–water partition coefficient (Wildman–Crippen LogP) is 4.26. The third kappa shape index (κ3) is 6.51. The average Bonchev–Trinajstić information content (AvgIpc) is 2.72. The molecule has 156 valence electrons. The highest BCUT2D eigenvalue weighted by atomic mass is 16.6. The van der Waals surface area contributed by atoms with Crippen molar-refractivity contribution in [3.8, 4) is 0 Å². The third-order valence-electron chi connectivity index (χ3n) is 3.68. The summed E-state index contributed by atoms with van der Waals surface area (Å²) in [4.78, 5) is 34.0. The van der Waals surface area contributed by atoms with Gasteiger partial charge in [-0.2, -0.15) is 5.11 Å². The monoisotopic (exact) mass is 412 g/mol. The fraction of sp³-hybridized carbons (Fsp3) is 0.200. The maximum Gasteiger partial charge on any atom is 0.338 e. The van der Waals surface area contributed by atoms with Crippen LogP contribution in [0.5, 0.6) is 0 Å². The summed E-state index contributed by atoms with van der Waals surface area (Å²) in [5.41, 5.74) is 6.47. The van der Waals surface area contributed by atoms with Crippen molar-refractivity contribution in [2.45, 2.75) is 13.3 Å². The van der Waals surface area contributed by atoms with E-state index in [4.69, 9.17) is 15.2 Å². The third-order valence-corrected chi connectivity index (χ3v) is 3.68. The van der Waals surface area contributed by atoms with Crippen LogP contribution in [-0.2, 0) is 14.3 Å². The smallest absolute Gasteiger partial charge is 0.338 e. The number of nitro groups is 1. The molecule has 0 spiro atoms. The van der Waals surface area contributed by atoms with Gasteiger partial charge < -0.3 is 15.2 Å². The Morgan fingerprint density at radius 3 is 2.40 bits per heavy atom. The molecule has 2 aromatic rings. The van der Waals surface area contributed by atoms with Crippen LogP contribution >= 0.6 is 0 Å². The molecule has 0 aliphatic heterocycles. The van der Waals surface area contributed by atoms with Gasteiger partial charge in [0, 0.05) is 23.7 Å². The first-order valence-electron chi connectivity index (χ1n) is 8.83. The molecular weight excluding hydrogens is 392 g/mol. The number of hydrogen-bond donors (Lipinski definition) is 1. The van der Waals surface area contributed by atoms with Crippen LogP contribution in [0.15, 0.2) is 64.8 Å². The minimum absolute atomic E-state index is 0.00735. The molecule has 10 heteroatoms. The van der Waals surface area contributed by atoms with Crippen LogP contribution in [0.1, 0.15) is 23.7 Å². The molecule has 0 aliphatic rings. The van der Waals surface area contributed by atoms with E-state index < -0.39 is 16.9 Å². The van der Waals surface area contributed by atoms with Crippen LogP contribution in [0.3, 0.4) is 0 Å². The highest BCUT2D eigenvalue weighted by molar-refractivity contribution is 5.91. The van der Waals surface area contributed by atoms with Crippen molar-refractivity contribution in [1.82, 2.24) is 0 Å². The number of carbonyl (C=O) groups excluding carboxylic acids is 2. The Bertz CT molecular complexity index is 985. The number of nitrogens with two attached hydrogens (primary N) is 1. The standard InChI is InChI=1S/C20H20N4O6/c1-13(2)19(25)29-10-3-11-30-20(26)14-4-9-17(18(12-14)24(27)28)23-22-16-7-5-15(21)6-8-16/h4-9,12H,1,3,10-11,21H2,2H3. The van der Waals surface area contributed by atoms with Crippen LogP contribution in [-0.4, -0.2) is 30.1 Å². The van der Waals surface area contributed by atoms with E-state index in [-0.39, 0.29) is 42.1 Å². The number of esters is 2. The SMILES string of the molecule is C=C(C)C(=O)OCCCOC(=O)c1ccc(N=Nc2ccc(N)cc2)c([N+](=O)[O-])c1. The van der Waals surface area contributed by atoms with Gasteiger partial charge in [-0.3, -0.25) is 10.1 Å². The quantitative estimate of drug-likeness (QED) is 0.123. The molecule has 0 aliphatic carbocycles. The highest BCUT2D eigenvalue weighted by Gasteiger charge is 2.18. The van der Waals surface area contributed by atoms with Gasteiger partial charge in [-0.15, -0.1) is 5.11 Å². The summed E-state index contributed by atoms with van der Waals surface area (Å²) in [7, 11) is 0. The first-order valence-corrected chi connectivity index (χ1v) is 8.83. The first-order chi connectivity index (χ1) is 14.3. The lowest BCUT2D eigenvalue weighted by Crippen LogP contribution is -2.11. The zero-order valence-corrected chi connectivity index (χ0v) is 16.2. The largest absolute Gasteiger partial charge is 0.462 e. The molecule has 10 nitrogen and oxygen atoms in total. The Labute approximate surface area is 172 Å². The van der Waals surface area contributed by atoms with Gasteiger partial charge in [0.1, 0.15) is 0 Å². The van der Waals surface area contributed by atoms with Crippen molar-refractivity contribution in [3.63, 3.8) is 0 Å². The number of nitrogen functional groups attached to an aromatic ring is 1. The fourth-order valence-corrected chi connectivity index (χ4v) is 2.13. The number of carbonyl (C=O) groups is 2. The number of anilines is 1. The molecule has 30 heavy (non-hydrogen) atoms. The number of nitrogens with zero attached hydrogens (tertiary/aromatic N) is 3. The predicted molar refractivity (Wildman–Crippen MR) is 109 cm³/mol. The van der Waals surface area contributed by atoms with E-state index in [0.29, 0.717) is 11.4 Å². The lowest BCUT2D eigenvalue weighted by molar-refractivity contribution is -0.384. The normalized spacial score (nSPS) is 10.6. The maximum absolute atomic E-state index is 12.1. The minimum Gasteiger partial charge on any atom is -0.462 e. The highest BCUT2D eigenvalue weighted by Crippen LogP contribution is 2.30. The number of benzene rings is 2. The van der Waals surface area contributed by atoms with Crippen molar-refractivity contribution in [1.29, 1.82) is 0 Å². The van der Waals surface area contributed by atoms with Gasteiger partial charge in [0.25, 0.3) is 5.69 Å². The zero-order chi connectivity index (χ0) is 22.1. The molecule has 2 aromatic carbocycles. The molecule has 0 saturated carbocycles. The van der Waals surface area contributed by atoms with Crippen molar-refractivity contribution in [3.05, 3.63) is 70.3 Å². The number of azo groups is 1. The summed E-state index contributed by atoms with van der Waals surface area (Å²) in [5, 5.41) is 19.2. The Hall–Kier alpha value is -4.08. The Morgan fingerprint density at radius 2 is 1.77 bits per heavy atom. The summed E-state index contributed by atoms with van der Waals surface area (Å²) in [5.74, 6) is -1.27. The topological polar surface area (TPSA) is 146 Å². The van der Waals surface area contributed by atoms with Gasteiger partial charge >= 0.3 is 11.9 Å². The molecular formula is C20H20N4O6. The summed E-state index contributed by atoms with van der Waals surface area (Å²) in [6.07, 6.45) is 0.279. The van der Waals surface area contributed by atoms with Gasteiger partial charge in [0.15, 0.2) is 5.69 Å². The number of rotatable bonds is 9. The van der Waals surface area contributed by atoms with Crippen LogP contribution in [0, 0.1) is 10.1 Å². The van der Waals surface area contributed by atoms with Gasteiger partial charge in [0.2, 0.25) is 0 Å². The average molecular weight is 412 g/mol. The number of ether oxygens (including phenoxy) is 2. The van der Waals surface area contributed by atoms with E-state index in [9.17, 15) is 19.7 Å². The lowest BCUT2D eigenvalue weighted by Gasteiger charge is -2.06. The van der Waals surface area contributed by atoms with E-state index in [1.54, 1.807) is 24.3 Å². The van der Waals surface area contributed by atoms with Gasteiger partial charge in [-0.25, -0.2) is 9.59 Å². The van der Waals surface area contributed by atoms with Crippen molar-refractivity contribution >= 4 is 34.7 Å². The zero-order valence-electron chi connectivity index (χ0n) is 16.2. The maximum atomic E-state index is 12.1. The molecule has 0 amide bonds. The summed E-state index contributed by atoms with van der Waals surface area (Å²) in [6.45, 7) is 5.01. The number of hydrogen-bond acceptors (Lipinski definition) is 9. The molecule has 2 N–H and O–H groups in total. The first kappa shape index (κ1) is 22.2. The second-order valence-electron chi connectivity index (χ2n) is 6.16. The van der Waals surface area contributed by atoms with E-state index >= 15 is 0 Å². The van der Waals surface area contributed by atoms with Crippen molar-refractivity contribution in [2.24, 2.45) is 10.2 Å². The lowest BCUT2D eigenvalue weighted by atomic mass is 10.2.